The average molecular weight is 757 g/mol. The van der Waals surface area contributed by atoms with Crippen molar-refractivity contribution in [2.45, 2.75) is 0 Å². The molecule has 0 spiro atoms. The van der Waals surface area contributed by atoms with Crippen LogP contribution in [-0.4, -0.2) is 0 Å². The third-order valence-corrected chi connectivity index (χ3v) is 13.2. The van der Waals surface area contributed by atoms with Gasteiger partial charge in [0.05, 0.1) is 0 Å². The molecule has 0 saturated carbocycles. The third-order valence-electron chi connectivity index (χ3n) is 13.2. The molecule has 0 fully saturated rings. The van der Waals surface area contributed by atoms with Gasteiger partial charge in [0.1, 0.15) is 0 Å². The minimum atomic E-state index is 1.19. The minimum absolute atomic E-state index is 1.19. The zero-order chi connectivity index (χ0) is 39.3. The summed E-state index contributed by atoms with van der Waals surface area (Å²) >= 11 is 0. The summed E-state index contributed by atoms with van der Waals surface area (Å²) in [5.41, 5.74) is 12.2. The Morgan fingerprint density at radius 2 is 0.550 bits per heavy atom. The molecule has 0 heterocycles. The van der Waals surface area contributed by atoms with E-state index in [1.165, 1.54) is 131 Å². The molecule has 0 saturated heterocycles. The highest BCUT2D eigenvalue weighted by atomic mass is 14.2. The predicted molar refractivity (Wildman–Crippen MR) is 259 cm³/mol. The molecule has 276 valence electrons. The van der Waals surface area contributed by atoms with E-state index in [4.69, 9.17) is 0 Å². The van der Waals surface area contributed by atoms with Crippen molar-refractivity contribution in [3.05, 3.63) is 218 Å². The Bertz CT molecular complexity index is 3780. The van der Waals surface area contributed by atoms with E-state index in [1.807, 2.05) is 0 Å². The van der Waals surface area contributed by atoms with Gasteiger partial charge in [-0.2, -0.15) is 0 Å². The maximum atomic E-state index is 2.45. The van der Waals surface area contributed by atoms with Crippen molar-refractivity contribution in [2.24, 2.45) is 0 Å². The first-order chi connectivity index (χ1) is 29.7. The Morgan fingerprint density at radius 1 is 0.167 bits per heavy atom. The summed E-state index contributed by atoms with van der Waals surface area (Å²) in [6.07, 6.45) is 0. The highest BCUT2D eigenvalue weighted by Crippen LogP contribution is 2.46. The summed E-state index contributed by atoms with van der Waals surface area (Å²) in [6.45, 7) is 0. The lowest BCUT2D eigenvalue weighted by atomic mass is 9.84. The molecule has 60 heavy (non-hydrogen) atoms. The van der Waals surface area contributed by atoms with E-state index in [0.29, 0.717) is 0 Å². The molecule has 0 nitrogen and oxygen atoms in total. The summed E-state index contributed by atoms with van der Waals surface area (Å²) < 4.78 is 0. The largest absolute Gasteiger partial charge is 0.0622 e. The van der Waals surface area contributed by atoms with Crippen LogP contribution in [0.4, 0.5) is 0 Å². The van der Waals surface area contributed by atoms with E-state index in [1.54, 1.807) is 0 Å². The van der Waals surface area contributed by atoms with Gasteiger partial charge in [-0.15, -0.1) is 0 Å². The molecule has 0 aliphatic carbocycles. The van der Waals surface area contributed by atoms with Gasteiger partial charge in [0, 0.05) is 0 Å². The Morgan fingerprint density at radius 3 is 1.10 bits per heavy atom. The SMILES string of the molecule is c1ccc(-c2ccc(-c3ccc(-c4ccc5ccccc5c4)c(-c4ccc5ccc6cccc7ccc4c5c67)c3)cc2-c2ccc3ccc4cccc5ccc2c3c45)cc1. The second-order valence-electron chi connectivity index (χ2n) is 16.4. The van der Waals surface area contributed by atoms with Crippen LogP contribution < -0.4 is 0 Å². The van der Waals surface area contributed by atoms with Crippen molar-refractivity contribution in [2.75, 3.05) is 0 Å². The van der Waals surface area contributed by atoms with E-state index in [9.17, 15) is 0 Å². The second-order valence-corrected chi connectivity index (χ2v) is 16.4. The van der Waals surface area contributed by atoms with Crippen LogP contribution in [0.15, 0.2) is 218 Å². The van der Waals surface area contributed by atoms with Gasteiger partial charge in [-0.25, -0.2) is 0 Å². The van der Waals surface area contributed by atoms with Gasteiger partial charge in [-0.1, -0.05) is 200 Å². The van der Waals surface area contributed by atoms with Crippen LogP contribution in [-0.2, 0) is 0 Å². The Balaban J connectivity index is 1.07. The van der Waals surface area contributed by atoms with Crippen LogP contribution >= 0.6 is 0 Å². The second kappa shape index (κ2) is 12.9. The number of hydrogen-bond donors (Lipinski definition) is 0. The molecule has 0 radical (unpaired) electrons. The summed E-state index contributed by atoms with van der Waals surface area (Å²) in [5, 5.41) is 18.1. The lowest BCUT2D eigenvalue weighted by Gasteiger charge is -2.19. The molecule has 0 aliphatic rings. The van der Waals surface area contributed by atoms with Crippen LogP contribution in [0.2, 0.25) is 0 Å². The molecule has 0 atom stereocenters. The molecular formula is C60H36. The number of benzene rings is 13. The zero-order valence-electron chi connectivity index (χ0n) is 32.8. The standard InChI is InChI=1S/C60H36/c1-2-9-38(10-3-1)49-28-26-46(35-55(49)51-30-22-43-19-17-39-12-6-14-41-24-32-53(51)59(43)57(39)41)47-27-29-50(48-21-16-37-8-4-5-11-45(37)34-48)56(36-47)52-31-23-44-20-18-40-13-7-15-42-25-33-54(52)60(44)58(40)42/h1-36H. The van der Waals surface area contributed by atoms with Gasteiger partial charge in [0.15, 0.2) is 0 Å². The number of fused-ring (bicyclic) bond motifs is 1. The quantitative estimate of drug-likeness (QED) is 0.153. The van der Waals surface area contributed by atoms with Gasteiger partial charge < -0.3 is 0 Å². The summed E-state index contributed by atoms with van der Waals surface area (Å²) in [5.74, 6) is 0. The molecule has 0 aromatic heterocycles. The van der Waals surface area contributed by atoms with E-state index < -0.39 is 0 Å². The van der Waals surface area contributed by atoms with Crippen molar-refractivity contribution < 1.29 is 0 Å². The predicted octanol–water partition coefficient (Wildman–Crippen LogP) is 17.0. The molecule has 0 unspecified atom stereocenters. The lowest BCUT2D eigenvalue weighted by Crippen LogP contribution is -1.93. The van der Waals surface area contributed by atoms with Crippen molar-refractivity contribution in [3.63, 3.8) is 0 Å². The highest BCUT2D eigenvalue weighted by Gasteiger charge is 2.19. The van der Waals surface area contributed by atoms with Gasteiger partial charge in [-0.05, 0) is 149 Å². The molecule has 13 rings (SSSR count). The third kappa shape index (κ3) is 4.98. The Kier molecular flexibility index (Phi) is 7.11. The first-order valence-corrected chi connectivity index (χ1v) is 20.9. The molecule has 0 amide bonds. The van der Waals surface area contributed by atoms with Crippen LogP contribution in [0.25, 0.3) is 131 Å². The van der Waals surface area contributed by atoms with Crippen molar-refractivity contribution >= 4 is 75.4 Å². The Hall–Kier alpha value is -7.80. The van der Waals surface area contributed by atoms with E-state index in [0.717, 1.165) is 0 Å². The molecule has 0 N–H and O–H groups in total. The van der Waals surface area contributed by atoms with Gasteiger partial charge in [0.25, 0.3) is 0 Å². The molecule has 13 aromatic carbocycles. The maximum Gasteiger partial charge on any atom is -0.00206 e. The van der Waals surface area contributed by atoms with E-state index in [2.05, 4.69) is 218 Å². The first-order valence-electron chi connectivity index (χ1n) is 20.9. The molecule has 0 heteroatoms. The van der Waals surface area contributed by atoms with Crippen LogP contribution in [0.3, 0.4) is 0 Å². The molecule has 0 aliphatic heterocycles. The highest BCUT2D eigenvalue weighted by molar-refractivity contribution is 6.27. The molecule has 0 bridgehead atoms. The normalized spacial score (nSPS) is 12.0. The maximum absolute atomic E-state index is 2.45. The fourth-order valence-electron chi connectivity index (χ4n) is 10.3. The number of rotatable bonds is 5. The van der Waals surface area contributed by atoms with Gasteiger partial charge in [-0.3, -0.25) is 0 Å². The molecular weight excluding hydrogens is 721 g/mol. The Labute approximate surface area is 347 Å². The zero-order valence-corrected chi connectivity index (χ0v) is 32.8. The first kappa shape index (κ1) is 33.2. The van der Waals surface area contributed by atoms with Crippen molar-refractivity contribution in [1.82, 2.24) is 0 Å². The van der Waals surface area contributed by atoms with Crippen LogP contribution in [0.5, 0.6) is 0 Å². The van der Waals surface area contributed by atoms with Gasteiger partial charge in [0.2, 0.25) is 0 Å². The fourth-order valence-corrected chi connectivity index (χ4v) is 10.3. The fraction of sp³-hybridized carbons (Fsp3) is 0. The average Bonchev–Trinajstić information content (AvgIpc) is 3.32. The van der Waals surface area contributed by atoms with Crippen molar-refractivity contribution in [1.29, 1.82) is 0 Å². The van der Waals surface area contributed by atoms with E-state index >= 15 is 0 Å². The van der Waals surface area contributed by atoms with Gasteiger partial charge >= 0.3 is 0 Å². The van der Waals surface area contributed by atoms with Crippen LogP contribution in [0, 0.1) is 0 Å². The topological polar surface area (TPSA) is 0 Å². The molecule has 13 aromatic rings. The monoisotopic (exact) mass is 756 g/mol. The summed E-state index contributed by atoms with van der Waals surface area (Å²) in [4.78, 5) is 0. The number of hydrogen-bond acceptors (Lipinski definition) is 0. The summed E-state index contributed by atoms with van der Waals surface area (Å²) in [7, 11) is 0. The summed E-state index contributed by atoms with van der Waals surface area (Å²) in [6, 6.07) is 81.7. The van der Waals surface area contributed by atoms with Crippen LogP contribution in [0.1, 0.15) is 0 Å². The minimum Gasteiger partial charge on any atom is -0.0622 e. The lowest BCUT2D eigenvalue weighted by molar-refractivity contribution is 1.57. The van der Waals surface area contributed by atoms with E-state index in [-0.39, 0.29) is 0 Å². The van der Waals surface area contributed by atoms with Crippen molar-refractivity contribution in [3.8, 4) is 55.6 Å². The smallest absolute Gasteiger partial charge is 0.00206 e.